The maximum absolute atomic E-state index is 12.2. The lowest BCUT2D eigenvalue weighted by Gasteiger charge is -2.24. The van der Waals surface area contributed by atoms with Gasteiger partial charge in [-0.2, -0.15) is 13.2 Å². The van der Waals surface area contributed by atoms with E-state index in [-0.39, 0.29) is 5.13 Å². The molecule has 1 aromatic heterocycles. The number of nitrogens with one attached hydrogen (secondary N) is 1. The number of nitrogens with two attached hydrogens (primary N) is 1. The van der Waals surface area contributed by atoms with E-state index in [9.17, 15) is 13.2 Å². The van der Waals surface area contributed by atoms with Crippen molar-refractivity contribution in [2.75, 3.05) is 11.9 Å². The summed E-state index contributed by atoms with van der Waals surface area (Å²) >= 11 is 0.493. The molecule has 0 bridgehead atoms. The van der Waals surface area contributed by atoms with E-state index in [1.807, 2.05) is 13.8 Å². The average molecular weight is 254 g/mol. The molecule has 0 aromatic carbocycles. The highest BCUT2D eigenvalue weighted by atomic mass is 32.1. The largest absolute Gasteiger partial charge is 0.445 e. The Bertz CT molecular complexity index is 347. The molecule has 92 valence electrons. The van der Waals surface area contributed by atoms with Crippen molar-refractivity contribution in [3.63, 3.8) is 0 Å². The predicted octanol–water partition coefficient (Wildman–Crippen LogP) is 2.10. The molecule has 4 nitrogen and oxygen atoms in total. The maximum Gasteiger partial charge on any atom is 0.445 e. The molecular weight excluding hydrogens is 241 g/mol. The van der Waals surface area contributed by atoms with Crippen LogP contribution in [0.25, 0.3) is 0 Å². The molecule has 1 heterocycles. The zero-order valence-electron chi connectivity index (χ0n) is 8.93. The fourth-order valence-corrected chi connectivity index (χ4v) is 1.89. The first kappa shape index (κ1) is 13.2. The van der Waals surface area contributed by atoms with E-state index in [4.69, 9.17) is 5.73 Å². The molecule has 3 N–H and O–H groups in total. The van der Waals surface area contributed by atoms with Crippen LogP contribution in [-0.2, 0) is 6.18 Å². The molecule has 16 heavy (non-hydrogen) atoms. The van der Waals surface area contributed by atoms with E-state index in [0.29, 0.717) is 24.3 Å². The molecule has 0 saturated carbocycles. The van der Waals surface area contributed by atoms with E-state index in [0.717, 1.165) is 0 Å². The number of rotatable bonds is 4. The Balaban J connectivity index is 2.73. The van der Waals surface area contributed by atoms with Crippen LogP contribution in [0.15, 0.2) is 0 Å². The van der Waals surface area contributed by atoms with Gasteiger partial charge in [0.15, 0.2) is 0 Å². The number of hydrogen-bond donors (Lipinski definition) is 2. The van der Waals surface area contributed by atoms with Crippen LogP contribution in [0.1, 0.15) is 25.3 Å². The molecule has 0 aliphatic heterocycles. The van der Waals surface area contributed by atoms with Gasteiger partial charge in [0.05, 0.1) is 0 Å². The summed E-state index contributed by atoms with van der Waals surface area (Å²) in [5, 5.41) is 8.62. The second-order valence-electron chi connectivity index (χ2n) is 3.96. The van der Waals surface area contributed by atoms with E-state index in [1.165, 1.54) is 0 Å². The molecule has 0 radical (unpaired) electrons. The first-order valence-electron chi connectivity index (χ1n) is 4.63. The van der Waals surface area contributed by atoms with E-state index >= 15 is 0 Å². The number of aromatic nitrogens is 2. The van der Waals surface area contributed by atoms with Crippen LogP contribution in [0.2, 0.25) is 0 Å². The van der Waals surface area contributed by atoms with Crippen LogP contribution in [0.3, 0.4) is 0 Å². The smallest absolute Gasteiger partial charge is 0.355 e. The number of halogens is 3. The molecule has 0 fully saturated rings. The lowest BCUT2D eigenvalue weighted by atomic mass is 10.0. The molecule has 0 spiro atoms. The quantitative estimate of drug-likeness (QED) is 0.863. The highest BCUT2D eigenvalue weighted by Crippen LogP contribution is 2.33. The summed E-state index contributed by atoms with van der Waals surface area (Å²) in [6.45, 7) is 4.13. The Kier molecular flexibility index (Phi) is 3.74. The van der Waals surface area contributed by atoms with Crippen molar-refractivity contribution in [3.05, 3.63) is 5.01 Å². The van der Waals surface area contributed by atoms with Crippen LogP contribution in [0, 0.1) is 0 Å². The van der Waals surface area contributed by atoms with Crippen molar-refractivity contribution in [1.82, 2.24) is 10.2 Å². The normalized spacial score (nSPS) is 12.9. The van der Waals surface area contributed by atoms with E-state index in [1.54, 1.807) is 0 Å². The second-order valence-corrected chi connectivity index (χ2v) is 4.94. The summed E-state index contributed by atoms with van der Waals surface area (Å²) in [4.78, 5) is 0. The summed E-state index contributed by atoms with van der Waals surface area (Å²) in [6, 6.07) is 0. The summed E-state index contributed by atoms with van der Waals surface area (Å²) in [6.07, 6.45) is -3.80. The minimum atomic E-state index is -4.43. The van der Waals surface area contributed by atoms with Gasteiger partial charge in [0.1, 0.15) is 0 Å². The zero-order valence-corrected chi connectivity index (χ0v) is 9.74. The van der Waals surface area contributed by atoms with Gasteiger partial charge in [-0.1, -0.05) is 11.3 Å². The van der Waals surface area contributed by atoms with Crippen LogP contribution >= 0.6 is 11.3 Å². The molecule has 0 aliphatic carbocycles. The van der Waals surface area contributed by atoms with Gasteiger partial charge in [-0.15, -0.1) is 10.2 Å². The van der Waals surface area contributed by atoms with Gasteiger partial charge in [0, 0.05) is 5.54 Å². The highest BCUT2D eigenvalue weighted by molar-refractivity contribution is 7.15. The number of hydrogen-bond acceptors (Lipinski definition) is 5. The lowest BCUT2D eigenvalue weighted by molar-refractivity contribution is -0.138. The summed E-state index contributed by atoms with van der Waals surface area (Å²) < 4.78 is 36.7. The van der Waals surface area contributed by atoms with Crippen molar-refractivity contribution >= 4 is 16.5 Å². The number of nitrogens with zero attached hydrogens (tertiary/aromatic N) is 2. The van der Waals surface area contributed by atoms with E-state index < -0.39 is 16.7 Å². The first-order chi connectivity index (χ1) is 7.24. The molecule has 8 heteroatoms. The third-order valence-corrected chi connectivity index (χ3v) is 2.77. The van der Waals surface area contributed by atoms with Gasteiger partial charge in [0.2, 0.25) is 10.1 Å². The monoisotopic (exact) mass is 254 g/mol. The number of alkyl halides is 3. The van der Waals surface area contributed by atoms with Crippen molar-refractivity contribution in [2.24, 2.45) is 5.73 Å². The minimum absolute atomic E-state index is 0.158. The molecule has 1 aromatic rings. The van der Waals surface area contributed by atoms with Gasteiger partial charge in [0.25, 0.3) is 0 Å². The van der Waals surface area contributed by atoms with E-state index in [2.05, 4.69) is 15.5 Å². The maximum atomic E-state index is 12.2. The topological polar surface area (TPSA) is 63.8 Å². The molecular formula is C8H13F3N4S. The summed E-state index contributed by atoms with van der Waals surface area (Å²) in [5.41, 5.74) is 5.00. The Morgan fingerprint density at radius 2 is 1.94 bits per heavy atom. The van der Waals surface area contributed by atoms with Crippen LogP contribution in [0.5, 0.6) is 0 Å². The Labute approximate surface area is 95.1 Å². The van der Waals surface area contributed by atoms with Crippen molar-refractivity contribution in [3.8, 4) is 0 Å². The summed E-state index contributed by atoms with van der Waals surface area (Å²) in [7, 11) is 0. The number of anilines is 1. The minimum Gasteiger partial charge on any atom is -0.355 e. The summed E-state index contributed by atoms with van der Waals surface area (Å²) in [5.74, 6) is 0. The fraction of sp³-hybridized carbons (Fsp3) is 0.750. The van der Waals surface area contributed by atoms with Crippen molar-refractivity contribution in [2.45, 2.75) is 32.0 Å². The molecule has 1 rings (SSSR count). The molecule has 0 unspecified atom stereocenters. The van der Waals surface area contributed by atoms with Gasteiger partial charge in [-0.3, -0.25) is 0 Å². The molecule has 0 atom stereocenters. The highest BCUT2D eigenvalue weighted by Gasteiger charge is 2.36. The van der Waals surface area contributed by atoms with Gasteiger partial charge in [-0.05, 0) is 26.8 Å². The standard InChI is InChI=1S/C8H13F3N4S/c1-7(2,3-4-12)13-6-15-14-5(16-6)8(9,10)11/h3-4,12H2,1-2H3,(H,13,15). The predicted molar refractivity (Wildman–Crippen MR) is 56.3 cm³/mol. The van der Waals surface area contributed by atoms with Crippen molar-refractivity contribution < 1.29 is 13.2 Å². The van der Waals surface area contributed by atoms with Crippen LogP contribution in [-0.4, -0.2) is 22.3 Å². The Hall–Kier alpha value is -0.890. The van der Waals surface area contributed by atoms with Crippen LogP contribution in [0.4, 0.5) is 18.3 Å². The van der Waals surface area contributed by atoms with Crippen LogP contribution < -0.4 is 11.1 Å². The van der Waals surface area contributed by atoms with Gasteiger partial charge < -0.3 is 11.1 Å². The molecule has 0 amide bonds. The fourth-order valence-electron chi connectivity index (χ4n) is 1.10. The first-order valence-corrected chi connectivity index (χ1v) is 5.45. The SMILES string of the molecule is CC(C)(CCN)Nc1nnc(C(F)(F)F)s1. The zero-order chi connectivity index (χ0) is 12.4. The van der Waals surface area contributed by atoms with Gasteiger partial charge >= 0.3 is 6.18 Å². The third-order valence-electron chi connectivity index (χ3n) is 1.88. The average Bonchev–Trinajstić information content (AvgIpc) is 2.50. The Morgan fingerprint density at radius 1 is 1.31 bits per heavy atom. The molecule has 0 saturated heterocycles. The Morgan fingerprint density at radius 3 is 2.38 bits per heavy atom. The van der Waals surface area contributed by atoms with Gasteiger partial charge in [-0.25, -0.2) is 0 Å². The molecule has 0 aliphatic rings. The van der Waals surface area contributed by atoms with Crippen molar-refractivity contribution in [1.29, 1.82) is 0 Å². The lowest BCUT2D eigenvalue weighted by Crippen LogP contribution is -2.33. The second kappa shape index (κ2) is 4.54. The third kappa shape index (κ3) is 3.60.